The van der Waals surface area contributed by atoms with Crippen LogP contribution in [0.2, 0.25) is 0 Å². The summed E-state index contributed by atoms with van der Waals surface area (Å²) in [4.78, 5) is 6.79. The Morgan fingerprint density at radius 2 is 2.15 bits per heavy atom. The fourth-order valence-electron chi connectivity index (χ4n) is 2.65. The average Bonchev–Trinajstić information content (AvgIpc) is 2.99. The highest BCUT2D eigenvalue weighted by Gasteiger charge is 2.28. The quantitative estimate of drug-likeness (QED) is 0.802. The fraction of sp³-hybridized carbons (Fsp3) is 0.375. The van der Waals surface area contributed by atoms with Gasteiger partial charge in [0.05, 0.1) is 12.6 Å². The summed E-state index contributed by atoms with van der Waals surface area (Å²) in [5.74, 6) is 4.04. The number of piperidine rings is 1. The number of likely N-dealkylation sites (tertiary alicyclic amines) is 1. The first-order chi connectivity index (χ1) is 9.88. The number of hydrogen-bond donors (Lipinski definition) is 0. The standard InChI is InChI=1S/C16H17N3O/c1-2-11-19-12-7-6-10-14(19)16-17-15(18-20-16)13-8-4-3-5-9-13/h1,3-5,8-9,14H,6-7,10-12H2/t14-/m0/s1. The van der Waals surface area contributed by atoms with E-state index in [9.17, 15) is 0 Å². The third-order valence-corrected chi connectivity index (χ3v) is 3.67. The molecule has 0 N–H and O–H groups in total. The van der Waals surface area contributed by atoms with Gasteiger partial charge in [0.25, 0.3) is 0 Å². The molecule has 0 spiro atoms. The second-order valence-electron chi connectivity index (χ2n) is 5.01. The Balaban J connectivity index is 1.84. The SMILES string of the molecule is C#CCN1CCCC[C@H]1c1nc(-c2ccccc2)no1. The molecular formula is C16H17N3O. The minimum atomic E-state index is 0.157. The maximum atomic E-state index is 5.46. The van der Waals surface area contributed by atoms with Gasteiger partial charge in [-0.1, -0.05) is 47.8 Å². The van der Waals surface area contributed by atoms with Crippen molar-refractivity contribution >= 4 is 0 Å². The zero-order valence-corrected chi connectivity index (χ0v) is 11.3. The van der Waals surface area contributed by atoms with Crippen LogP contribution in [0.25, 0.3) is 11.4 Å². The molecule has 2 aromatic rings. The van der Waals surface area contributed by atoms with Gasteiger partial charge in [-0.25, -0.2) is 0 Å². The van der Waals surface area contributed by atoms with Gasteiger partial charge in [-0.05, 0) is 19.4 Å². The minimum absolute atomic E-state index is 0.157. The van der Waals surface area contributed by atoms with E-state index in [1.54, 1.807) is 0 Å². The van der Waals surface area contributed by atoms with Crippen molar-refractivity contribution in [3.8, 4) is 23.7 Å². The van der Waals surface area contributed by atoms with E-state index in [1.807, 2.05) is 30.3 Å². The molecule has 0 bridgehead atoms. The van der Waals surface area contributed by atoms with Gasteiger partial charge in [0.2, 0.25) is 11.7 Å². The van der Waals surface area contributed by atoms with Crippen molar-refractivity contribution in [3.63, 3.8) is 0 Å². The fourth-order valence-corrected chi connectivity index (χ4v) is 2.65. The van der Waals surface area contributed by atoms with Gasteiger partial charge in [-0.3, -0.25) is 4.90 Å². The summed E-state index contributed by atoms with van der Waals surface area (Å²) in [6.45, 7) is 1.63. The van der Waals surface area contributed by atoms with Gasteiger partial charge in [0.1, 0.15) is 0 Å². The lowest BCUT2D eigenvalue weighted by atomic mass is 10.0. The lowest BCUT2D eigenvalue weighted by Crippen LogP contribution is -2.33. The summed E-state index contributed by atoms with van der Waals surface area (Å²) in [5, 5.41) is 4.09. The molecule has 1 aliphatic rings. The molecule has 2 heterocycles. The molecule has 0 radical (unpaired) electrons. The second-order valence-corrected chi connectivity index (χ2v) is 5.01. The normalized spacial score (nSPS) is 19.6. The van der Waals surface area contributed by atoms with Crippen LogP contribution in [0.4, 0.5) is 0 Å². The first-order valence-corrected chi connectivity index (χ1v) is 6.95. The summed E-state index contributed by atoms with van der Waals surface area (Å²) in [7, 11) is 0. The van der Waals surface area contributed by atoms with E-state index >= 15 is 0 Å². The highest BCUT2D eigenvalue weighted by molar-refractivity contribution is 5.53. The lowest BCUT2D eigenvalue weighted by molar-refractivity contribution is 0.135. The van der Waals surface area contributed by atoms with Gasteiger partial charge in [0, 0.05) is 5.56 Å². The number of hydrogen-bond acceptors (Lipinski definition) is 4. The number of aromatic nitrogens is 2. The third kappa shape index (κ3) is 2.59. The summed E-state index contributed by atoms with van der Waals surface area (Å²) >= 11 is 0. The molecule has 0 saturated carbocycles. The number of benzene rings is 1. The van der Waals surface area contributed by atoms with Crippen molar-refractivity contribution in [2.75, 3.05) is 13.1 Å². The van der Waals surface area contributed by atoms with Crippen molar-refractivity contribution < 1.29 is 4.52 Å². The molecule has 1 aliphatic heterocycles. The van der Waals surface area contributed by atoms with Crippen molar-refractivity contribution in [1.29, 1.82) is 0 Å². The molecule has 4 nitrogen and oxygen atoms in total. The summed E-state index contributed by atoms with van der Waals surface area (Å²) < 4.78 is 5.46. The third-order valence-electron chi connectivity index (χ3n) is 3.67. The summed E-state index contributed by atoms with van der Waals surface area (Å²) in [6.07, 6.45) is 8.82. The molecule has 0 aliphatic carbocycles. The van der Waals surface area contributed by atoms with E-state index in [0.717, 1.165) is 18.5 Å². The monoisotopic (exact) mass is 267 g/mol. The average molecular weight is 267 g/mol. The van der Waals surface area contributed by atoms with Gasteiger partial charge in [-0.15, -0.1) is 6.42 Å². The predicted molar refractivity (Wildman–Crippen MR) is 76.7 cm³/mol. The van der Waals surface area contributed by atoms with Crippen LogP contribution in [0.15, 0.2) is 34.9 Å². The zero-order chi connectivity index (χ0) is 13.8. The Kier molecular flexibility index (Phi) is 3.80. The van der Waals surface area contributed by atoms with Crippen LogP contribution in [-0.4, -0.2) is 28.1 Å². The van der Waals surface area contributed by atoms with E-state index in [-0.39, 0.29) is 6.04 Å². The van der Waals surface area contributed by atoms with Crippen LogP contribution >= 0.6 is 0 Å². The molecule has 102 valence electrons. The summed E-state index contributed by atoms with van der Waals surface area (Å²) in [6, 6.07) is 10.0. The highest BCUT2D eigenvalue weighted by atomic mass is 16.5. The predicted octanol–water partition coefficient (Wildman–Crippen LogP) is 2.90. The number of terminal acetylenes is 1. The van der Waals surface area contributed by atoms with Crippen molar-refractivity contribution in [1.82, 2.24) is 15.0 Å². The maximum absolute atomic E-state index is 5.46. The molecule has 20 heavy (non-hydrogen) atoms. The van der Waals surface area contributed by atoms with Crippen molar-refractivity contribution in [2.24, 2.45) is 0 Å². The zero-order valence-electron chi connectivity index (χ0n) is 11.3. The van der Waals surface area contributed by atoms with E-state index in [0.29, 0.717) is 18.3 Å². The molecule has 1 aromatic carbocycles. The van der Waals surface area contributed by atoms with Gasteiger partial charge in [0.15, 0.2) is 0 Å². The second kappa shape index (κ2) is 5.89. The Bertz CT molecular complexity index is 600. The van der Waals surface area contributed by atoms with Crippen molar-refractivity contribution in [3.05, 3.63) is 36.2 Å². The first-order valence-electron chi connectivity index (χ1n) is 6.95. The van der Waals surface area contributed by atoms with Crippen molar-refractivity contribution in [2.45, 2.75) is 25.3 Å². The molecule has 1 saturated heterocycles. The minimum Gasteiger partial charge on any atom is -0.337 e. The van der Waals surface area contributed by atoms with E-state index < -0.39 is 0 Å². The Hall–Kier alpha value is -2.12. The van der Waals surface area contributed by atoms with Crippen LogP contribution in [0, 0.1) is 12.3 Å². The van der Waals surface area contributed by atoms with Gasteiger partial charge < -0.3 is 4.52 Å². The topological polar surface area (TPSA) is 42.2 Å². The van der Waals surface area contributed by atoms with Gasteiger partial charge >= 0.3 is 0 Å². The Labute approximate surface area is 118 Å². The lowest BCUT2D eigenvalue weighted by Gasteiger charge is -2.31. The van der Waals surface area contributed by atoms with Crippen LogP contribution in [-0.2, 0) is 0 Å². The van der Waals surface area contributed by atoms with E-state index in [4.69, 9.17) is 10.9 Å². The smallest absolute Gasteiger partial charge is 0.244 e. The number of rotatable bonds is 3. The first kappa shape index (κ1) is 12.9. The highest BCUT2D eigenvalue weighted by Crippen LogP contribution is 2.30. The Morgan fingerprint density at radius 3 is 2.95 bits per heavy atom. The molecule has 3 rings (SSSR count). The van der Waals surface area contributed by atoms with Gasteiger partial charge in [-0.2, -0.15) is 4.98 Å². The van der Waals surface area contributed by atoms with Crippen LogP contribution in [0.3, 0.4) is 0 Å². The molecule has 0 unspecified atom stereocenters. The largest absolute Gasteiger partial charge is 0.337 e. The molecule has 4 heteroatoms. The van der Waals surface area contributed by atoms with E-state index in [1.165, 1.54) is 12.8 Å². The summed E-state index contributed by atoms with van der Waals surface area (Å²) in [5.41, 5.74) is 0.974. The van der Waals surface area contributed by atoms with Crippen LogP contribution in [0.1, 0.15) is 31.2 Å². The maximum Gasteiger partial charge on any atom is 0.244 e. The number of nitrogens with zero attached hydrogens (tertiary/aromatic N) is 3. The molecule has 1 fully saturated rings. The molecule has 1 aromatic heterocycles. The molecular weight excluding hydrogens is 250 g/mol. The molecule has 0 amide bonds. The van der Waals surface area contributed by atoms with Crippen LogP contribution in [0.5, 0.6) is 0 Å². The van der Waals surface area contributed by atoms with Crippen LogP contribution < -0.4 is 0 Å². The molecule has 1 atom stereocenters. The Morgan fingerprint density at radius 1 is 1.30 bits per heavy atom. The van der Waals surface area contributed by atoms with E-state index in [2.05, 4.69) is 21.0 Å².